The third kappa shape index (κ3) is 3.76. The minimum Gasteiger partial charge on any atom is -0.456 e. The van der Waals surface area contributed by atoms with E-state index in [0.29, 0.717) is 0 Å². The first-order valence-corrected chi connectivity index (χ1v) is 18.1. The van der Waals surface area contributed by atoms with E-state index in [-0.39, 0.29) is 17.5 Å². The second kappa shape index (κ2) is 9.55. The summed E-state index contributed by atoms with van der Waals surface area (Å²) in [5.74, 6) is 0. The van der Waals surface area contributed by atoms with Crippen LogP contribution in [0, 0.1) is 0 Å². The molecule has 0 spiro atoms. The fourth-order valence-corrected chi connectivity index (χ4v) is 9.01. The Morgan fingerprint density at radius 3 is 1.88 bits per heavy atom. The highest BCUT2D eigenvalue weighted by Gasteiger charge is 2.44. The van der Waals surface area contributed by atoms with Crippen molar-refractivity contribution in [1.29, 1.82) is 0 Å². The topological polar surface area (TPSA) is 34.5 Å². The molecule has 11 rings (SSSR count). The molecule has 3 aromatic heterocycles. The number of furan rings is 2. The van der Waals surface area contributed by atoms with Crippen molar-refractivity contribution in [3.63, 3.8) is 0 Å². The summed E-state index contributed by atoms with van der Waals surface area (Å²) in [4.78, 5) is 2.55. The first-order valence-electron chi connectivity index (χ1n) is 18.1. The van der Waals surface area contributed by atoms with Gasteiger partial charge >= 0.3 is 0 Å². The van der Waals surface area contributed by atoms with E-state index in [1.165, 1.54) is 60.9 Å². The molecule has 9 aromatic rings. The van der Waals surface area contributed by atoms with Gasteiger partial charge in [0.25, 0.3) is 6.71 Å². The van der Waals surface area contributed by atoms with E-state index in [1.54, 1.807) is 0 Å². The van der Waals surface area contributed by atoms with Gasteiger partial charge in [0.1, 0.15) is 16.7 Å². The summed E-state index contributed by atoms with van der Waals surface area (Å²) in [5, 5.41) is 5.84. The molecule has 0 N–H and O–H groups in total. The Balaban J connectivity index is 1.35. The molecule has 6 aromatic carbocycles. The summed E-state index contributed by atoms with van der Waals surface area (Å²) in [7, 11) is 0. The zero-order valence-corrected chi connectivity index (χ0v) is 29.8. The highest BCUT2D eigenvalue weighted by Crippen LogP contribution is 2.48. The van der Waals surface area contributed by atoms with Gasteiger partial charge in [-0.2, -0.15) is 0 Å². The maximum absolute atomic E-state index is 6.82. The molecule has 5 heterocycles. The molecular weight excluding hydrogens is 623 g/mol. The lowest BCUT2D eigenvalue weighted by Gasteiger charge is -2.42. The number of aromatic nitrogens is 1. The zero-order valence-electron chi connectivity index (χ0n) is 29.8. The van der Waals surface area contributed by atoms with E-state index >= 15 is 0 Å². The van der Waals surface area contributed by atoms with Gasteiger partial charge in [-0.05, 0) is 80.8 Å². The normalized spacial score (nSPS) is 14.0. The van der Waals surface area contributed by atoms with Crippen molar-refractivity contribution in [2.75, 3.05) is 4.90 Å². The summed E-state index contributed by atoms with van der Waals surface area (Å²) in [6.07, 6.45) is 0. The number of para-hydroxylation sites is 3. The lowest BCUT2D eigenvalue weighted by Crippen LogP contribution is -2.60. The summed E-state index contributed by atoms with van der Waals surface area (Å²) in [6.45, 7) is 13.9. The van der Waals surface area contributed by atoms with E-state index in [1.807, 2.05) is 0 Å². The molecule has 246 valence electrons. The van der Waals surface area contributed by atoms with Crippen LogP contribution in [0.4, 0.5) is 17.1 Å². The van der Waals surface area contributed by atoms with E-state index in [9.17, 15) is 0 Å². The van der Waals surface area contributed by atoms with Crippen LogP contribution in [0.2, 0.25) is 0 Å². The van der Waals surface area contributed by atoms with Crippen molar-refractivity contribution < 1.29 is 8.83 Å². The van der Waals surface area contributed by atoms with Gasteiger partial charge in [-0.25, -0.2) is 0 Å². The van der Waals surface area contributed by atoms with E-state index in [0.717, 1.165) is 44.3 Å². The molecule has 51 heavy (non-hydrogen) atoms. The van der Waals surface area contributed by atoms with Crippen LogP contribution in [0.25, 0.3) is 60.6 Å². The van der Waals surface area contributed by atoms with Crippen LogP contribution in [-0.2, 0) is 10.8 Å². The van der Waals surface area contributed by atoms with Crippen LogP contribution >= 0.6 is 0 Å². The second-order valence-electron chi connectivity index (χ2n) is 16.6. The van der Waals surface area contributed by atoms with E-state index in [4.69, 9.17) is 8.83 Å². The van der Waals surface area contributed by atoms with E-state index < -0.39 is 0 Å². The molecule has 2 aliphatic heterocycles. The molecule has 0 saturated carbocycles. The van der Waals surface area contributed by atoms with Crippen LogP contribution < -0.4 is 21.3 Å². The highest BCUT2D eigenvalue weighted by molar-refractivity contribution is 7.00. The van der Waals surface area contributed by atoms with Crippen LogP contribution in [-0.4, -0.2) is 11.3 Å². The predicted octanol–water partition coefficient (Wildman–Crippen LogP) is 10.6. The lowest BCUT2D eigenvalue weighted by atomic mass is 9.33. The Morgan fingerprint density at radius 1 is 0.490 bits per heavy atom. The van der Waals surface area contributed by atoms with Crippen LogP contribution in [0.3, 0.4) is 0 Å². The molecule has 0 atom stereocenters. The van der Waals surface area contributed by atoms with Gasteiger partial charge < -0.3 is 13.7 Å². The summed E-state index contributed by atoms with van der Waals surface area (Å²) >= 11 is 0. The highest BCUT2D eigenvalue weighted by atomic mass is 16.3. The fraction of sp³-hybridized carbons (Fsp3) is 0.174. The van der Waals surface area contributed by atoms with Gasteiger partial charge in [-0.1, -0.05) is 114 Å². The van der Waals surface area contributed by atoms with E-state index in [2.05, 4.69) is 166 Å². The molecule has 0 bridgehead atoms. The van der Waals surface area contributed by atoms with Crippen molar-refractivity contribution >= 4 is 95.1 Å². The zero-order chi connectivity index (χ0) is 34.6. The van der Waals surface area contributed by atoms with Gasteiger partial charge in [0.15, 0.2) is 0 Å². The average molecular weight is 661 g/mol. The van der Waals surface area contributed by atoms with Gasteiger partial charge in [-0.15, -0.1) is 0 Å². The number of hydrogen-bond donors (Lipinski definition) is 0. The van der Waals surface area contributed by atoms with Crippen molar-refractivity contribution in [2.45, 2.75) is 52.4 Å². The number of benzene rings is 6. The maximum atomic E-state index is 6.82. The molecule has 0 amide bonds. The average Bonchev–Trinajstić information content (AvgIpc) is 3.78. The molecule has 0 radical (unpaired) electrons. The SMILES string of the molecule is CC(C)(C)c1ccc2c(c1)N(c1cccc3oc4ccccc4c13)c1cc(C(C)(C)C)cc3c1B2c1cccc2c4c5ccccc5oc4n-3c12. The Hall–Kier alpha value is -5.68. The number of hydrogen-bond acceptors (Lipinski definition) is 3. The standard InChI is InChI=1S/C46H37BN2O2/c1-45(2,3)26-21-22-31-34(23-26)48(33-17-12-20-39-41(33)29-14-8-9-18-37(29)50-39)35-24-27(46(4,5)6)25-36-42(35)47(31)32-16-11-15-30-40-28-13-7-10-19-38(28)51-44(40)49(36)43(30)32/h7-25H,1-6H3. The molecule has 2 aliphatic rings. The Labute approximate surface area is 297 Å². The van der Waals surface area contributed by atoms with Crippen molar-refractivity contribution in [3.8, 4) is 5.69 Å². The molecule has 4 nitrogen and oxygen atoms in total. The van der Waals surface area contributed by atoms with Gasteiger partial charge in [0, 0.05) is 33.2 Å². The number of rotatable bonds is 1. The smallest absolute Gasteiger partial charge is 0.252 e. The first-order chi connectivity index (χ1) is 24.6. The monoisotopic (exact) mass is 660 g/mol. The molecule has 0 aliphatic carbocycles. The first kappa shape index (κ1) is 29.1. The molecular formula is C46H37BN2O2. The number of fused-ring (bicyclic) bond motifs is 12. The predicted molar refractivity (Wildman–Crippen MR) is 215 cm³/mol. The molecule has 0 saturated heterocycles. The minimum atomic E-state index is -0.106. The number of nitrogens with zero attached hydrogens (tertiary/aromatic N) is 2. The van der Waals surface area contributed by atoms with Crippen molar-refractivity contribution in [1.82, 2.24) is 4.57 Å². The van der Waals surface area contributed by atoms with Gasteiger partial charge in [0.2, 0.25) is 5.71 Å². The van der Waals surface area contributed by atoms with Gasteiger partial charge in [0.05, 0.1) is 22.0 Å². The van der Waals surface area contributed by atoms with Crippen LogP contribution in [0.1, 0.15) is 52.7 Å². The fourth-order valence-electron chi connectivity index (χ4n) is 9.01. The Morgan fingerprint density at radius 2 is 1.12 bits per heavy atom. The Kier molecular flexibility index (Phi) is 5.45. The maximum Gasteiger partial charge on any atom is 0.252 e. The van der Waals surface area contributed by atoms with Gasteiger partial charge in [-0.3, -0.25) is 4.57 Å². The molecule has 5 heteroatoms. The Bertz CT molecular complexity index is 2960. The second-order valence-corrected chi connectivity index (χ2v) is 16.6. The number of anilines is 3. The van der Waals surface area contributed by atoms with Crippen molar-refractivity contribution in [2.24, 2.45) is 0 Å². The third-order valence-corrected chi connectivity index (χ3v) is 11.5. The largest absolute Gasteiger partial charge is 0.456 e. The van der Waals surface area contributed by atoms with Crippen LogP contribution in [0.15, 0.2) is 124 Å². The minimum absolute atomic E-state index is 0.0272. The lowest BCUT2D eigenvalue weighted by molar-refractivity contribution is 0.589. The van der Waals surface area contributed by atoms with Crippen LogP contribution in [0.5, 0.6) is 0 Å². The summed E-state index contributed by atoms with van der Waals surface area (Å²) in [6, 6.07) is 42.4. The molecule has 0 fully saturated rings. The van der Waals surface area contributed by atoms with Crippen molar-refractivity contribution in [3.05, 3.63) is 126 Å². The quantitative estimate of drug-likeness (QED) is 0.164. The summed E-state index contributed by atoms with van der Waals surface area (Å²) in [5.41, 5.74) is 16.0. The third-order valence-electron chi connectivity index (χ3n) is 11.5. The molecule has 0 unspecified atom stereocenters. The summed E-state index contributed by atoms with van der Waals surface area (Å²) < 4.78 is 15.8.